The number of aliphatic imine (C=N–C) groups is 1. The molecule has 0 fully saturated rings. The highest BCUT2D eigenvalue weighted by Gasteiger charge is 2.41. The lowest BCUT2D eigenvalue weighted by Gasteiger charge is -2.33. The lowest BCUT2D eigenvalue weighted by molar-refractivity contribution is -0.864. The summed E-state index contributed by atoms with van der Waals surface area (Å²) in [7, 11) is 5.40. The number of carbonyl (C=O) groups is 2. The molecule has 0 amide bonds. The predicted octanol–water partition coefficient (Wildman–Crippen LogP) is 4.42. The minimum absolute atomic E-state index is 0.0478. The van der Waals surface area contributed by atoms with E-state index in [9.17, 15) is 24.9 Å². The van der Waals surface area contributed by atoms with Crippen molar-refractivity contribution in [2.75, 3.05) is 34.2 Å². The summed E-state index contributed by atoms with van der Waals surface area (Å²) >= 11 is 0. The van der Waals surface area contributed by atoms with Crippen molar-refractivity contribution < 1.29 is 33.9 Å². The van der Waals surface area contributed by atoms with Gasteiger partial charge in [0.15, 0.2) is 12.8 Å². The highest BCUT2D eigenvalue weighted by molar-refractivity contribution is 5.81. The molecule has 8 heteroatoms. The molecule has 1 heterocycles. The molecule has 1 aliphatic heterocycles. The fourth-order valence-corrected chi connectivity index (χ4v) is 4.41. The second-order valence-electron chi connectivity index (χ2n) is 11.1. The first-order chi connectivity index (χ1) is 16.9. The van der Waals surface area contributed by atoms with Crippen molar-refractivity contribution in [1.29, 1.82) is 0 Å². The van der Waals surface area contributed by atoms with Crippen LogP contribution in [0.15, 0.2) is 17.4 Å². The third-order valence-corrected chi connectivity index (χ3v) is 6.46. The molecule has 2 N–H and O–H groups in total. The van der Waals surface area contributed by atoms with Crippen molar-refractivity contribution in [1.82, 2.24) is 0 Å². The number of carboxylic acids is 2. The van der Waals surface area contributed by atoms with Gasteiger partial charge in [-0.2, -0.15) is 0 Å². The molecule has 0 aromatic heterocycles. The molecule has 0 aromatic carbocycles. The maximum Gasteiger partial charge on any atom is 0.360 e. The van der Waals surface area contributed by atoms with Gasteiger partial charge in [-0.25, -0.2) is 14.3 Å². The smallest absolute Gasteiger partial charge is 0.360 e. The number of unbranched alkanes of at least 4 members (excludes halogenated alkanes) is 13. The van der Waals surface area contributed by atoms with Crippen LogP contribution in [-0.2, 0) is 9.59 Å². The van der Waals surface area contributed by atoms with E-state index in [0.29, 0.717) is 4.48 Å². The summed E-state index contributed by atoms with van der Waals surface area (Å²) in [6.45, 7) is 3.83. The Balaban J connectivity index is 0.00000131. The van der Waals surface area contributed by atoms with Gasteiger partial charge in [-0.15, -0.1) is 0 Å². The SMILES string of the molecule is CCCCCCCCCCCCCCCCC1=NC=C[N+]1(CC(=O)O)C(C)O.C[N+](C)(C)CC(=O)[O-]. The first-order valence-electron chi connectivity index (χ1n) is 14.0. The number of hydrogen-bond acceptors (Lipinski definition) is 5. The number of hydrogen-bond donors (Lipinski definition) is 2. The van der Waals surface area contributed by atoms with Crippen molar-refractivity contribution >= 4 is 17.8 Å². The van der Waals surface area contributed by atoms with Gasteiger partial charge >= 0.3 is 5.97 Å². The second-order valence-corrected chi connectivity index (χ2v) is 11.1. The number of quaternary nitrogens is 2. The van der Waals surface area contributed by atoms with Gasteiger partial charge in [0.05, 0.1) is 33.3 Å². The van der Waals surface area contributed by atoms with Crippen molar-refractivity contribution in [3.05, 3.63) is 12.4 Å². The molecule has 1 aliphatic rings. The van der Waals surface area contributed by atoms with Gasteiger partial charge in [-0.05, 0) is 6.42 Å². The zero-order valence-electron chi connectivity index (χ0n) is 23.7. The third-order valence-electron chi connectivity index (χ3n) is 6.46. The van der Waals surface area contributed by atoms with Crippen molar-refractivity contribution in [2.24, 2.45) is 4.99 Å². The minimum atomic E-state index is -1.00. The van der Waals surface area contributed by atoms with Crippen LogP contribution in [0.3, 0.4) is 0 Å². The molecular formula is C28H54N3O5+. The maximum absolute atomic E-state index is 11.2. The summed E-state index contributed by atoms with van der Waals surface area (Å²) < 4.78 is 0.371. The molecule has 0 saturated heterocycles. The number of amidine groups is 1. The van der Waals surface area contributed by atoms with E-state index in [-0.39, 0.29) is 17.6 Å². The Morgan fingerprint density at radius 2 is 1.36 bits per heavy atom. The van der Waals surface area contributed by atoms with Crippen LogP contribution in [0.25, 0.3) is 0 Å². The number of aliphatic hydroxyl groups is 1. The molecule has 0 aliphatic carbocycles. The van der Waals surface area contributed by atoms with E-state index in [2.05, 4.69) is 11.9 Å². The van der Waals surface area contributed by atoms with Crippen LogP contribution in [0.2, 0.25) is 0 Å². The highest BCUT2D eigenvalue weighted by Crippen LogP contribution is 2.24. The number of rotatable bonds is 20. The first-order valence-corrected chi connectivity index (χ1v) is 14.0. The number of aliphatic hydroxyl groups excluding tert-OH is 1. The van der Waals surface area contributed by atoms with Gasteiger partial charge in [0.1, 0.15) is 12.7 Å². The summed E-state index contributed by atoms with van der Waals surface area (Å²) in [5.74, 6) is -1.14. The molecule has 1 rings (SSSR count). The van der Waals surface area contributed by atoms with Crippen LogP contribution < -0.4 is 5.11 Å². The molecule has 0 radical (unpaired) electrons. The van der Waals surface area contributed by atoms with E-state index in [4.69, 9.17) is 0 Å². The monoisotopic (exact) mass is 512 g/mol. The maximum atomic E-state index is 11.2. The van der Waals surface area contributed by atoms with Crippen LogP contribution in [-0.4, -0.2) is 77.4 Å². The van der Waals surface area contributed by atoms with Crippen LogP contribution in [0.1, 0.15) is 110 Å². The average molecular weight is 513 g/mol. The zero-order valence-corrected chi connectivity index (χ0v) is 23.7. The standard InChI is InChI=1S/C23H42N2O3.C5H11NO2/c1-3-4-5-6-7-8-9-10-11-12-13-14-15-16-17-22-24-18-19-25(22,21(2)26)20-23(27)28;1-6(2,3)4-5(7)8/h18-19,21,26H,3-17,20H2,1-2H3;4H2,1-3H3/p+1. The van der Waals surface area contributed by atoms with Crippen molar-refractivity contribution in [3.8, 4) is 0 Å². The van der Waals surface area contributed by atoms with E-state index in [1.807, 2.05) is 0 Å². The third kappa shape index (κ3) is 16.8. The van der Waals surface area contributed by atoms with Crippen LogP contribution in [0.5, 0.6) is 0 Å². The van der Waals surface area contributed by atoms with E-state index in [1.165, 1.54) is 77.0 Å². The van der Waals surface area contributed by atoms with Crippen molar-refractivity contribution in [2.45, 2.75) is 116 Å². The molecule has 2 atom stereocenters. The Morgan fingerprint density at radius 1 is 0.917 bits per heavy atom. The lowest BCUT2D eigenvalue weighted by Crippen LogP contribution is -2.55. The Morgan fingerprint density at radius 3 is 1.69 bits per heavy atom. The Kier molecular flexibility index (Phi) is 18.4. The van der Waals surface area contributed by atoms with E-state index < -0.39 is 18.2 Å². The quantitative estimate of drug-likeness (QED) is 0.185. The molecule has 210 valence electrons. The van der Waals surface area contributed by atoms with Crippen LogP contribution >= 0.6 is 0 Å². The molecule has 0 saturated carbocycles. The Labute approximate surface area is 219 Å². The molecular weight excluding hydrogens is 458 g/mol. The summed E-state index contributed by atoms with van der Waals surface area (Å²) in [6.07, 6.45) is 21.8. The first kappa shape index (κ1) is 34.2. The number of nitrogens with zero attached hydrogens (tertiary/aromatic N) is 3. The highest BCUT2D eigenvalue weighted by atomic mass is 16.4. The van der Waals surface area contributed by atoms with Gasteiger partial charge in [0.25, 0.3) is 0 Å². The van der Waals surface area contributed by atoms with E-state index in [1.54, 1.807) is 40.5 Å². The molecule has 0 bridgehead atoms. The molecule has 8 nitrogen and oxygen atoms in total. The van der Waals surface area contributed by atoms with Crippen LogP contribution in [0.4, 0.5) is 0 Å². The van der Waals surface area contributed by atoms with Gasteiger partial charge < -0.3 is 24.6 Å². The van der Waals surface area contributed by atoms with Gasteiger partial charge in [-0.3, -0.25) is 0 Å². The summed E-state index contributed by atoms with van der Waals surface area (Å²) in [6, 6.07) is 0. The van der Waals surface area contributed by atoms with E-state index >= 15 is 0 Å². The largest absolute Gasteiger partial charge is 0.544 e. The fraction of sp³-hybridized carbons (Fsp3) is 0.821. The summed E-state index contributed by atoms with van der Waals surface area (Å²) in [5, 5.41) is 29.2. The second kappa shape index (κ2) is 19.4. The number of likely N-dealkylation sites (N-methyl/N-ethyl adjacent to an activating group) is 1. The number of carbonyl (C=O) groups excluding carboxylic acids is 1. The number of carboxylic acid groups (broad SMARTS) is 2. The molecule has 2 unspecified atom stereocenters. The summed E-state index contributed by atoms with van der Waals surface area (Å²) in [4.78, 5) is 25.4. The van der Waals surface area contributed by atoms with Gasteiger partial charge in [-0.1, -0.05) is 90.4 Å². The molecule has 0 spiro atoms. The minimum Gasteiger partial charge on any atom is -0.544 e. The lowest BCUT2D eigenvalue weighted by atomic mass is 10.0. The average Bonchev–Trinajstić information content (AvgIpc) is 3.15. The van der Waals surface area contributed by atoms with Crippen molar-refractivity contribution in [3.63, 3.8) is 0 Å². The Bertz CT molecular complexity index is 671. The fourth-order valence-electron chi connectivity index (χ4n) is 4.41. The van der Waals surface area contributed by atoms with Gasteiger partial charge in [0.2, 0.25) is 5.84 Å². The van der Waals surface area contributed by atoms with Crippen LogP contribution in [0, 0.1) is 0 Å². The number of aliphatic carboxylic acids is 2. The van der Waals surface area contributed by atoms with E-state index in [0.717, 1.165) is 25.1 Å². The van der Waals surface area contributed by atoms with Gasteiger partial charge in [0, 0.05) is 13.3 Å². The Hall–Kier alpha value is -1.77. The molecule has 36 heavy (non-hydrogen) atoms. The predicted molar refractivity (Wildman–Crippen MR) is 144 cm³/mol. The molecule has 0 aromatic rings. The topological polar surface area (TPSA) is 110 Å². The zero-order chi connectivity index (χ0) is 27.5. The normalized spacial score (nSPS) is 17.9. The summed E-state index contributed by atoms with van der Waals surface area (Å²) in [5.41, 5.74) is 0.